The van der Waals surface area contributed by atoms with Crippen molar-refractivity contribution in [1.82, 2.24) is 10.3 Å². The zero-order valence-electron chi connectivity index (χ0n) is 9.16. The largest absolute Gasteiger partial charge is 0.350 e. The van der Waals surface area contributed by atoms with E-state index in [-0.39, 0.29) is 0 Å². The zero-order chi connectivity index (χ0) is 10.4. The van der Waals surface area contributed by atoms with E-state index in [1.165, 1.54) is 0 Å². The van der Waals surface area contributed by atoms with Crippen LogP contribution in [0.25, 0.3) is 0 Å². The Labute approximate surface area is 90.2 Å². The van der Waals surface area contributed by atoms with E-state index in [0.29, 0.717) is 0 Å². The SMILES string of the molecule is CC(C)CNCCN(C)c1nccs1. The van der Waals surface area contributed by atoms with Crippen LogP contribution in [-0.4, -0.2) is 31.7 Å². The van der Waals surface area contributed by atoms with Gasteiger partial charge in [0.2, 0.25) is 0 Å². The van der Waals surface area contributed by atoms with Gasteiger partial charge in [-0.1, -0.05) is 13.8 Å². The molecule has 0 amide bonds. The molecule has 0 aromatic carbocycles. The molecule has 0 aliphatic heterocycles. The van der Waals surface area contributed by atoms with Gasteiger partial charge in [-0.3, -0.25) is 0 Å². The number of likely N-dealkylation sites (N-methyl/N-ethyl adjacent to an activating group) is 1. The van der Waals surface area contributed by atoms with E-state index in [1.54, 1.807) is 11.3 Å². The smallest absolute Gasteiger partial charge is 0.185 e. The number of hydrogen-bond donors (Lipinski definition) is 1. The van der Waals surface area contributed by atoms with Crippen LogP contribution < -0.4 is 10.2 Å². The lowest BCUT2D eigenvalue weighted by Crippen LogP contribution is -2.30. The summed E-state index contributed by atoms with van der Waals surface area (Å²) in [6, 6.07) is 0. The molecule has 4 heteroatoms. The van der Waals surface area contributed by atoms with Crippen molar-refractivity contribution in [3.8, 4) is 0 Å². The van der Waals surface area contributed by atoms with Crippen molar-refractivity contribution < 1.29 is 0 Å². The topological polar surface area (TPSA) is 28.2 Å². The highest BCUT2D eigenvalue weighted by Crippen LogP contribution is 2.14. The van der Waals surface area contributed by atoms with E-state index in [2.05, 4.69) is 36.1 Å². The van der Waals surface area contributed by atoms with Gasteiger partial charge >= 0.3 is 0 Å². The Bertz CT molecular complexity index is 234. The summed E-state index contributed by atoms with van der Waals surface area (Å²) >= 11 is 1.68. The number of aromatic nitrogens is 1. The average molecular weight is 213 g/mol. The van der Waals surface area contributed by atoms with E-state index in [1.807, 2.05) is 11.6 Å². The summed E-state index contributed by atoms with van der Waals surface area (Å²) in [4.78, 5) is 6.43. The van der Waals surface area contributed by atoms with Gasteiger partial charge in [0.05, 0.1) is 0 Å². The molecule has 1 N–H and O–H groups in total. The van der Waals surface area contributed by atoms with Crippen LogP contribution in [0.15, 0.2) is 11.6 Å². The number of hydrogen-bond acceptors (Lipinski definition) is 4. The van der Waals surface area contributed by atoms with Crippen molar-refractivity contribution in [2.24, 2.45) is 5.92 Å². The second kappa shape index (κ2) is 5.98. The van der Waals surface area contributed by atoms with Gasteiger partial charge in [0.1, 0.15) is 0 Å². The summed E-state index contributed by atoms with van der Waals surface area (Å²) in [5, 5.41) is 6.51. The third kappa shape index (κ3) is 4.07. The van der Waals surface area contributed by atoms with Gasteiger partial charge in [0.25, 0.3) is 0 Å². The Balaban J connectivity index is 2.13. The van der Waals surface area contributed by atoms with E-state index in [4.69, 9.17) is 0 Å². The van der Waals surface area contributed by atoms with Gasteiger partial charge in [-0.2, -0.15) is 0 Å². The number of nitrogens with one attached hydrogen (secondary N) is 1. The molecular weight excluding hydrogens is 194 g/mol. The second-order valence-corrected chi connectivity index (χ2v) is 4.71. The summed E-state index contributed by atoms with van der Waals surface area (Å²) in [5.41, 5.74) is 0. The van der Waals surface area contributed by atoms with Crippen molar-refractivity contribution >= 4 is 16.5 Å². The molecule has 1 aromatic heterocycles. The van der Waals surface area contributed by atoms with Crippen molar-refractivity contribution in [3.63, 3.8) is 0 Å². The van der Waals surface area contributed by atoms with Gasteiger partial charge in [0, 0.05) is 31.7 Å². The standard InChI is InChI=1S/C10H19N3S/c1-9(2)8-11-4-6-13(3)10-12-5-7-14-10/h5,7,9,11H,4,6,8H2,1-3H3. The Morgan fingerprint density at radius 2 is 2.36 bits per heavy atom. The summed E-state index contributed by atoms with van der Waals surface area (Å²) in [5.74, 6) is 0.722. The van der Waals surface area contributed by atoms with Crippen LogP contribution in [-0.2, 0) is 0 Å². The Kier molecular flexibility index (Phi) is 4.90. The summed E-state index contributed by atoms with van der Waals surface area (Å²) in [6.07, 6.45) is 1.85. The van der Waals surface area contributed by atoms with Crippen LogP contribution in [0.5, 0.6) is 0 Å². The number of rotatable bonds is 6. The van der Waals surface area contributed by atoms with Crippen molar-refractivity contribution in [2.45, 2.75) is 13.8 Å². The molecule has 0 aliphatic rings. The van der Waals surface area contributed by atoms with Crippen molar-refractivity contribution in [2.75, 3.05) is 31.6 Å². The summed E-state index contributed by atoms with van der Waals surface area (Å²) < 4.78 is 0. The van der Waals surface area contributed by atoms with E-state index in [9.17, 15) is 0 Å². The zero-order valence-corrected chi connectivity index (χ0v) is 9.97. The molecule has 1 rings (SSSR count). The average Bonchev–Trinajstić information content (AvgIpc) is 2.64. The fourth-order valence-corrected chi connectivity index (χ4v) is 1.77. The molecule has 1 heterocycles. The monoisotopic (exact) mass is 213 g/mol. The predicted molar refractivity (Wildman–Crippen MR) is 63.1 cm³/mol. The van der Waals surface area contributed by atoms with Gasteiger partial charge in [0.15, 0.2) is 5.13 Å². The first-order valence-electron chi connectivity index (χ1n) is 5.01. The molecule has 14 heavy (non-hydrogen) atoms. The van der Waals surface area contributed by atoms with Crippen LogP contribution in [0.3, 0.4) is 0 Å². The molecule has 0 saturated heterocycles. The molecule has 80 valence electrons. The van der Waals surface area contributed by atoms with Crippen LogP contribution in [0.4, 0.5) is 5.13 Å². The van der Waals surface area contributed by atoms with Gasteiger partial charge < -0.3 is 10.2 Å². The van der Waals surface area contributed by atoms with E-state index >= 15 is 0 Å². The molecule has 0 atom stereocenters. The Hall–Kier alpha value is -0.610. The summed E-state index contributed by atoms with van der Waals surface area (Å²) in [7, 11) is 2.08. The molecule has 3 nitrogen and oxygen atoms in total. The lowest BCUT2D eigenvalue weighted by Gasteiger charge is -2.16. The second-order valence-electron chi connectivity index (χ2n) is 3.83. The Morgan fingerprint density at radius 3 is 2.93 bits per heavy atom. The van der Waals surface area contributed by atoms with Crippen LogP contribution in [0, 0.1) is 5.92 Å². The maximum atomic E-state index is 4.25. The number of nitrogens with zero attached hydrogens (tertiary/aromatic N) is 2. The fraction of sp³-hybridized carbons (Fsp3) is 0.700. The van der Waals surface area contributed by atoms with E-state index < -0.39 is 0 Å². The summed E-state index contributed by atoms with van der Waals surface area (Å²) in [6.45, 7) is 7.56. The quantitative estimate of drug-likeness (QED) is 0.731. The lowest BCUT2D eigenvalue weighted by atomic mass is 10.2. The van der Waals surface area contributed by atoms with Crippen molar-refractivity contribution in [1.29, 1.82) is 0 Å². The maximum absolute atomic E-state index is 4.25. The molecule has 0 unspecified atom stereocenters. The molecule has 0 saturated carbocycles. The molecule has 1 aromatic rings. The third-order valence-corrected chi connectivity index (χ3v) is 2.81. The van der Waals surface area contributed by atoms with Crippen LogP contribution in [0.1, 0.15) is 13.8 Å². The fourth-order valence-electron chi connectivity index (χ4n) is 1.14. The minimum Gasteiger partial charge on any atom is -0.350 e. The first kappa shape index (κ1) is 11.5. The minimum atomic E-state index is 0.722. The highest BCUT2D eigenvalue weighted by atomic mass is 32.1. The molecule has 0 fully saturated rings. The number of anilines is 1. The molecule has 0 radical (unpaired) electrons. The van der Waals surface area contributed by atoms with E-state index in [0.717, 1.165) is 30.7 Å². The van der Waals surface area contributed by atoms with Crippen LogP contribution in [0.2, 0.25) is 0 Å². The highest BCUT2D eigenvalue weighted by molar-refractivity contribution is 7.13. The predicted octanol–water partition coefficient (Wildman–Crippen LogP) is 1.82. The third-order valence-electron chi connectivity index (χ3n) is 1.92. The Morgan fingerprint density at radius 1 is 1.57 bits per heavy atom. The maximum Gasteiger partial charge on any atom is 0.185 e. The van der Waals surface area contributed by atoms with Gasteiger partial charge in [-0.05, 0) is 12.5 Å². The van der Waals surface area contributed by atoms with Crippen molar-refractivity contribution in [3.05, 3.63) is 11.6 Å². The minimum absolute atomic E-state index is 0.722. The van der Waals surface area contributed by atoms with Gasteiger partial charge in [-0.15, -0.1) is 11.3 Å². The lowest BCUT2D eigenvalue weighted by molar-refractivity contribution is 0.554. The van der Waals surface area contributed by atoms with Crippen LogP contribution >= 0.6 is 11.3 Å². The normalized spacial score (nSPS) is 10.9. The first-order valence-corrected chi connectivity index (χ1v) is 5.89. The molecule has 0 aliphatic carbocycles. The van der Waals surface area contributed by atoms with Gasteiger partial charge in [-0.25, -0.2) is 4.98 Å². The molecule has 0 bridgehead atoms. The highest BCUT2D eigenvalue weighted by Gasteiger charge is 2.01. The number of thiazole rings is 1. The molecular formula is C10H19N3S. The first-order chi connectivity index (χ1) is 6.70. The molecule has 0 spiro atoms.